The molecule has 0 aliphatic heterocycles. The molecule has 0 aromatic heterocycles. The van der Waals surface area contributed by atoms with Crippen LogP contribution < -0.4 is 0 Å². The zero-order valence-electron chi connectivity index (χ0n) is 7.62. The molecule has 1 saturated carbocycles. The molecule has 0 heterocycles. The Bertz CT molecular complexity index is 167. The largest absolute Gasteiger partial charge is 0.469 e. The second-order valence-corrected chi connectivity index (χ2v) is 3.47. The highest BCUT2D eigenvalue weighted by atomic mass is 16.5. The van der Waals surface area contributed by atoms with E-state index in [1.165, 1.54) is 7.11 Å². The Labute approximate surface area is 72.7 Å². The Kier molecular flexibility index (Phi) is 3.09. The lowest BCUT2D eigenvalue weighted by molar-refractivity contribution is -0.147. The molecule has 0 aromatic rings. The fourth-order valence-corrected chi connectivity index (χ4v) is 1.91. The number of ether oxygens (including phenoxy) is 1. The zero-order valence-corrected chi connectivity index (χ0v) is 7.62. The average molecular weight is 172 g/mol. The maximum Gasteiger partial charge on any atom is 0.308 e. The molecule has 3 atom stereocenters. The van der Waals surface area contributed by atoms with Crippen LogP contribution in [0.15, 0.2) is 0 Å². The molecule has 3 heteroatoms. The third-order valence-corrected chi connectivity index (χ3v) is 2.75. The van der Waals surface area contributed by atoms with Crippen molar-refractivity contribution in [1.29, 1.82) is 0 Å². The number of rotatable bonds is 2. The van der Waals surface area contributed by atoms with Crippen molar-refractivity contribution in [3.63, 3.8) is 0 Å². The molecular formula is C9H16O3. The fraction of sp³-hybridized carbons (Fsp3) is 0.889. The molecule has 0 saturated heterocycles. The summed E-state index contributed by atoms with van der Waals surface area (Å²) in [5, 5.41) is 9.50. The molecular weight excluding hydrogens is 156 g/mol. The van der Waals surface area contributed by atoms with Gasteiger partial charge in [-0.2, -0.15) is 0 Å². The maximum absolute atomic E-state index is 11.1. The predicted octanol–water partition coefficient (Wildman–Crippen LogP) is 0.956. The van der Waals surface area contributed by atoms with Gasteiger partial charge in [0.2, 0.25) is 0 Å². The molecule has 1 rings (SSSR count). The first-order valence-electron chi connectivity index (χ1n) is 4.42. The van der Waals surface area contributed by atoms with Crippen LogP contribution in [0.4, 0.5) is 0 Å². The van der Waals surface area contributed by atoms with Crippen molar-refractivity contribution in [1.82, 2.24) is 0 Å². The summed E-state index contributed by atoms with van der Waals surface area (Å²) in [4.78, 5) is 11.1. The lowest BCUT2D eigenvalue weighted by Gasteiger charge is -2.19. The summed E-state index contributed by atoms with van der Waals surface area (Å²) in [6.07, 6.45) is 2.48. The van der Waals surface area contributed by atoms with Gasteiger partial charge < -0.3 is 9.84 Å². The van der Waals surface area contributed by atoms with E-state index < -0.39 is 0 Å². The normalized spacial score (nSPS) is 31.6. The molecule has 0 aromatic carbocycles. The summed E-state index contributed by atoms with van der Waals surface area (Å²) in [5.74, 6) is -0.258. The molecule has 3 unspecified atom stereocenters. The summed E-state index contributed by atoms with van der Waals surface area (Å²) in [5.41, 5.74) is 0. The second-order valence-electron chi connectivity index (χ2n) is 3.47. The third kappa shape index (κ3) is 1.78. The van der Waals surface area contributed by atoms with Gasteiger partial charge in [-0.3, -0.25) is 4.79 Å². The highest BCUT2D eigenvalue weighted by molar-refractivity contribution is 5.72. The minimum Gasteiger partial charge on any atom is -0.469 e. The quantitative estimate of drug-likeness (QED) is 0.631. The van der Waals surface area contributed by atoms with Gasteiger partial charge in [0, 0.05) is 0 Å². The van der Waals surface area contributed by atoms with Crippen molar-refractivity contribution in [2.24, 2.45) is 11.8 Å². The lowest BCUT2D eigenvalue weighted by atomic mass is 9.91. The summed E-state index contributed by atoms with van der Waals surface area (Å²) < 4.78 is 4.62. The molecule has 1 N–H and O–H groups in total. The first kappa shape index (κ1) is 9.52. The van der Waals surface area contributed by atoms with Crippen molar-refractivity contribution >= 4 is 5.97 Å². The van der Waals surface area contributed by atoms with Crippen LogP contribution in [0.3, 0.4) is 0 Å². The molecule has 0 bridgehead atoms. The number of methoxy groups -OCH3 is 1. The average Bonchev–Trinajstić information content (AvgIpc) is 2.48. The lowest BCUT2D eigenvalue weighted by Crippen LogP contribution is -2.27. The van der Waals surface area contributed by atoms with Gasteiger partial charge in [0.15, 0.2) is 0 Å². The number of aliphatic hydroxyl groups is 1. The van der Waals surface area contributed by atoms with Gasteiger partial charge in [0.1, 0.15) is 0 Å². The molecule has 70 valence electrons. The predicted molar refractivity (Wildman–Crippen MR) is 44.5 cm³/mol. The van der Waals surface area contributed by atoms with Crippen LogP contribution >= 0.6 is 0 Å². The smallest absolute Gasteiger partial charge is 0.308 e. The van der Waals surface area contributed by atoms with Crippen LogP contribution in [0.1, 0.15) is 26.2 Å². The minimum absolute atomic E-state index is 0.109. The van der Waals surface area contributed by atoms with E-state index in [0.717, 1.165) is 19.3 Å². The van der Waals surface area contributed by atoms with E-state index in [0.29, 0.717) is 0 Å². The van der Waals surface area contributed by atoms with E-state index >= 15 is 0 Å². The Morgan fingerprint density at radius 1 is 1.58 bits per heavy atom. The van der Waals surface area contributed by atoms with E-state index in [4.69, 9.17) is 0 Å². The van der Waals surface area contributed by atoms with E-state index in [1.807, 2.05) is 6.92 Å². The highest BCUT2D eigenvalue weighted by Gasteiger charge is 2.34. The maximum atomic E-state index is 11.1. The van der Waals surface area contributed by atoms with Crippen LogP contribution in [0, 0.1) is 11.8 Å². The Hall–Kier alpha value is -0.570. The fourth-order valence-electron chi connectivity index (χ4n) is 1.91. The number of hydrogen-bond acceptors (Lipinski definition) is 3. The van der Waals surface area contributed by atoms with Gasteiger partial charge in [0.05, 0.1) is 19.1 Å². The van der Waals surface area contributed by atoms with Gasteiger partial charge in [-0.05, 0) is 18.8 Å². The molecule has 0 spiro atoms. The first-order valence-corrected chi connectivity index (χ1v) is 4.42. The SMILES string of the molecule is COC(=O)C(C)C1CCCC1O. The van der Waals surface area contributed by atoms with Gasteiger partial charge in [0.25, 0.3) is 0 Å². The molecule has 0 radical (unpaired) electrons. The zero-order chi connectivity index (χ0) is 9.14. The number of carbonyl (C=O) groups excluding carboxylic acids is 1. The number of carbonyl (C=O) groups is 1. The molecule has 3 nitrogen and oxygen atoms in total. The Morgan fingerprint density at radius 2 is 2.25 bits per heavy atom. The van der Waals surface area contributed by atoms with Gasteiger partial charge in [-0.25, -0.2) is 0 Å². The topological polar surface area (TPSA) is 46.5 Å². The van der Waals surface area contributed by atoms with Crippen molar-refractivity contribution < 1.29 is 14.6 Å². The van der Waals surface area contributed by atoms with Gasteiger partial charge >= 0.3 is 5.97 Å². The molecule has 12 heavy (non-hydrogen) atoms. The van der Waals surface area contributed by atoms with Crippen molar-refractivity contribution in [3.8, 4) is 0 Å². The van der Waals surface area contributed by atoms with Crippen molar-refractivity contribution in [2.45, 2.75) is 32.3 Å². The van der Waals surface area contributed by atoms with Crippen LogP contribution in [0.5, 0.6) is 0 Å². The number of esters is 1. The van der Waals surface area contributed by atoms with E-state index in [9.17, 15) is 9.90 Å². The summed E-state index contributed by atoms with van der Waals surface area (Å²) in [7, 11) is 1.39. The number of aliphatic hydroxyl groups excluding tert-OH is 1. The summed E-state index contributed by atoms with van der Waals surface area (Å²) in [6.45, 7) is 1.82. The van der Waals surface area contributed by atoms with E-state index in [1.54, 1.807) is 0 Å². The van der Waals surface area contributed by atoms with Crippen LogP contribution in [-0.2, 0) is 9.53 Å². The molecule has 0 amide bonds. The van der Waals surface area contributed by atoms with Crippen LogP contribution in [0.25, 0.3) is 0 Å². The van der Waals surface area contributed by atoms with Crippen molar-refractivity contribution in [2.75, 3.05) is 7.11 Å². The summed E-state index contributed by atoms with van der Waals surface area (Å²) in [6, 6.07) is 0. The molecule has 1 fully saturated rings. The Morgan fingerprint density at radius 3 is 2.67 bits per heavy atom. The van der Waals surface area contributed by atoms with E-state index in [-0.39, 0.29) is 23.9 Å². The third-order valence-electron chi connectivity index (χ3n) is 2.75. The minimum atomic E-state index is -0.306. The van der Waals surface area contributed by atoms with E-state index in [2.05, 4.69) is 4.74 Å². The monoisotopic (exact) mass is 172 g/mol. The van der Waals surface area contributed by atoms with Crippen LogP contribution in [-0.4, -0.2) is 24.3 Å². The Balaban J connectivity index is 2.51. The van der Waals surface area contributed by atoms with Crippen molar-refractivity contribution in [3.05, 3.63) is 0 Å². The summed E-state index contributed by atoms with van der Waals surface area (Å²) >= 11 is 0. The van der Waals surface area contributed by atoms with Gasteiger partial charge in [-0.15, -0.1) is 0 Å². The van der Waals surface area contributed by atoms with Crippen LogP contribution in [0.2, 0.25) is 0 Å². The first-order chi connectivity index (χ1) is 5.66. The molecule has 1 aliphatic carbocycles. The second kappa shape index (κ2) is 3.90. The highest BCUT2D eigenvalue weighted by Crippen LogP contribution is 2.32. The van der Waals surface area contributed by atoms with Gasteiger partial charge in [-0.1, -0.05) is 13.3 Å². The number of hydrogen-bond donors (Lipinski definition) is 1. The molecule has 1 aliphatic rings. The standard InChI is InChI=1S/C9H16O3/c1-6(9(11)12-2)7-4-3-5-8(7)10/h6-8,10H,3-5H2,1-2H3.